The van der Waals surface area contributed by atoms with Gasteiger partial charge in [-0.2, -0.15) is 0 Å². The van der Waals surface area contributed by atoms with E-state index in [9.17, 15) is 4.79 Å². The first-order valence-corrected chi connectivity index (χ1v) is 8.07. The molecule has 2 aromatic rings. The molecule has 1 unspecified atom stereocenters. The lowest BCUT2D eigenvalue weighted by Gasteiger charge is -2.21. The van der Waals surface area contributed by atoms with E-state index in [4.69, 9.17) is 14.2 Å². The van der Waals surface area contributed by atoms with Crippen molar-refractivity contribution < 1.29 is 19.0 Å². The van der Waals surface area contributed by atoms with Crippen molar-refractivity contribution in [3.63, 3.8) is 0 Å². The Morgan fingerprint density at radius 1 is 0.958 bits per heavy atom. The van der Waals surface area contributed by atoms with Crippen LogP contribution in [0.2, 0.25) is 0 Å². The van der Waals surface area contributed by atoms with Gasteiger partial charge in [0, 0.05) is 5.92 Å². The predicted molar refractivity (Wildman–Crippen MR) is 91.9 cm³/mol. The number of ether oxygens (including phenoxy) is 3. The highest BCUT2D eigenvalue weighted by molar-refractivity contribution is 5.72. The summed E-state index contributed by atoms with van der Waals surface area (Å²) in [4.78, 5) is 12.0. The molecule has 3 rings (SSSR count). The van der Waals surface area contributed by atoms with Crippen LogP contribution in [0.5, 0.6) is 11.5 Å². The maximum atomic E-state index is 12.0. The van der Waals surface area contributed by atoms with Crippen molar-refractivity contribution in [2.75, 3.05) is 21.3 Å². The van der Waals surface area contributed by atoms with Crippen LogP contribution in [0.1, 0.15) is 34.6 Å². The van der Waals surface area contributed by atoms with Crippen LogP contribution in [0.4, 0.5) is 0 Å². The molecular weight excluding hydrogens is 304 g/mol. The molecule has 0 spiro atoms. The number of carbonyl (C=O) groups excluding carboxylic acids is 1. The average molecular weight is 326 g/mol. The summed E-state index contributed by atoms with van der Waals surface area (Å²) in [6.45, 7) is 0. The van der Waals surface area contributed by atoms with Crippen LogP contribution in [0.25, 0.3) is 0 Å². The Morgan fingerprint density at radius 2 is 1.62 bits per heavy atom. The Morgan fingerprint density at radius 3 is 2.33 bits per heavy atom. The highest BCUT2D eigenvalue weighted by Gasteiger charge is 2.27. The van der Waals surface area contributed by atoms with Gasteiger partial charge in [-0.15, -0.1) is 0 Å². The zero-order valence-electron chi connectivity index (χ0n) is 14.3. The van der Waals surface area contributed by atoms with Crippen LogP contribution in [0, 0.1) is 0 Å². The first-order chi connectivity index (χ1) is 11.7. The van der Waals surface area contributed by atoms with Crippen molar-refractivity contribution in [2.45, 2.75) is 25.2 Å². The largest absolute Gasteiger partial charge is 0.493 e. The summed E-state index contributed by atoms with van der Waals surface area (Å²) in [5.74, 6) is 1.16. The zero-order chi connectivity index (χ0) is 17.1. The third kappa shape index (κ3) is 2.96. The second-order valence-corrected chi connectivity index (χ2v) is 5.94. The summed E-state index contributed by atoms with van der Waals surface area (Å²) in [5.41, 5.74) is 4.77. The Bertz CT molecular complexity index is 751. The van der Waals surface area contributed by atoms with Crippen LogP contribution >= 0.6 is 0 Å². The first kappa shape index (κ1) is 16.4. The molecule has 0 heterocycles. The van der Waals surface area contributed by atoms with E-state index in [1.54, 1.807) is 14.2 Å². The van der Waals surface area contributed by atoms with E-state index < -0.39 is 0 Å². The van der Waals surface area contributed by atoms with Gasteiger partial charge in [0.2, 0.25) is 0 Å². The second-order valence-electron chi connectivity index (χ2n) is 5.94. The predicted octanol–water partition coefficient (Wildman–Crippen LogP) is 3.50. The fraction of sp³-hybridized carbons (Fsp3) is 0.350. The van der Waals surface area contributed by atoms with Gasteiger partial charge < -0.3 is 14.2 Å². The van der Waals surface area contributed by atoms with Gasteiger partial charge in [0.15, 0.2) is 11.5 Å². The van der Waals surface area contributed by atoms with Crippen LogP contribution in [0.15, 0.2) is 36.4 Å². The molecule has 126 valence electrons. The smallest absolute Gasteiger partial charge is 0.306 e. The quantitative estimate of drug-likeness (QED) is 0.807. The number of hydrogen-bond donors (Lipinski definition) is 0. The molecule has 24 heavy (non-hydrogen) atoms. The number of hydrogen-bond acceptors (Lipinski definition) is 4. The summed E-state index contributed by atoms with van der Waals surface area (Å²) in [7, 11) is 4.70. The molecule has 0 bridgehead atoms. The normalized spacial score (nSPS) is 15.7. The van der Waals surface area contributed by atoms with E-state index in [2.05, 4.69) is 12.1 Å². The minimum Gasteiger partial charge on any atom is -0.493 e. The SMILES string of the molecule is COC(=O)CC1c2ccccc2CCc2cc(OC)c(OC)cc21. The Kier molecular flexibility index (Phi) is 4.74. The van der Waals surface area contributed by atoms with Crippen molar-refractivity contribution in [1.82, 2.24) is 0 Å². The van der Waals surface area contributed by atoms with E-state index in [0.717, 1.165) is 24.2 Å². The van der Waals surface area contributed by atoms with Crippen LogP contribution in [0.3, 0.4) is 0 Å². The van der Waals surface area contributed by atoms with Crippen LogP contribution in [-0.4, -0.2) is 27.3 Å². The van der Waals surface area contributed by atoms with Crippen molar-refractivity contribution in [2.24, 2.45) is 0 Å². The molecular formula is C20H22O4. The molecule has 1 atom stereocenters. The summed E-state index contributed by atoms with van der Waals surface area (Å²) in [5, 5.41) is 0. The average Bonchev–Trinajstić information content (AvgIpc) is 2.77. The van der Waals surface area contributed by atoms with E-state index >= 15 is 0 Å². The first-order valence-electron chi connectivity index (χ1n) is 8.07. The third-order valence-electron chi connectivity index (χ3n) is 4.71. The molecule has 4 nitrogen and oxygen atoms in total. The van der Waals surface area contributed by atoms with Gasteiger partial charge in [-0.05, 0) is 47.2 Å². The van der Waals surface area contributed by atoms with Gasteiger partial charge in [-0.3, -0.25) is 4.79 Å². The third-order valence-corrected chi connectivity index (χ3v) is 4.71. The van der Waals surface area contributed by atoms with E-state index in [-0.39, 0.29) is 11.9 Å². The molecule has 4 heteroatoms. The summed E-state index contributed by atoms with van der Waals surface area (Å²) in [6, 6.07) is 12.4. The number of aryl methyl sites for hydroxylation is 2. The summed E-state index contributed by atoms with van der Waals surface area (Å²) in [6.07, 6.45) is 2.16. The summed E-state index contributed by atoms with van der Waals surface area (Å²) < 4.78 is 15.8. The van der Waals surface area contributed by atoms with Crippen molar-refractivity contribution in [1.29, 1.82) is 0 Å². The minimum absolute atomic E-state index is 0.0362. The zero-order valence-corrected chi connectivity index (χ0v) is 14.3. The van der Waals surface area contributed by atoms with Gasteiger partial charge >= 0.3 is 5.97 Å². The number of benzene rings is 2. The lowest BCUT2D eigenvalue weighted by molar-refractivity contribution is -0.140. The molecule has 0 radical (unpaired) electrons. The lowest BCUT2D eigenvalue weighted by atomic mass is 9.85. The Balaban J connectivity index is 2.16. The highest BCUT2D eigenvalue weighted by atomic mass is 16.5. The topological polar surface area (TPSA) is 44.8 Å². The number of esters is 1. The Labute approximate surface area is 142 Å². The van der Waals surface area contributed by atoms with Gasteiger partial charge in [0.25, 0.3) is 0 Å². The van der Waals surface area contributed by atoms with Gasteiger partial charge in [0.1, 0.15) is 0 Å². The highest BCUT2D eigenvalue weighted by Crippen LogP contribution is 2.41. The minimum atomic E-state index is -0.211. The van der Waals surface area contributed by atoms with Gasteiger partial charge in [0.05, 0.1) is 27.8 Å². The Hall–Kier alpha value is -2.49. The molecule has 1 aliphatic carbocycles. The van der Waals surface area contributed by atoms with Crippen molar-refractivity contribution in [3.8, 4) is 11.5 Å². The second kappa shape index (κ2) is 6.95. The number of rotatable bonds is 4. The van der Waals surface area contributed by atoms with Crippen molar-refractivity contribution >= 4 is 5.97 Å². The standard InChI is InChI=1S/C20H22O4/c1-22-18-10-14-9-8-13-6-4-5-7-15(13)17(12-20(21)24-3)16(14)11-19(18)23-2/h4-7,10-11,17H,8-9,12H2,1-3H3. The maximum Gasteiger partial charge on any atom is 0.306 e. The number of methoxy groups -OCH3 is 3. The molecule has 0 saturated heterocycles. The molecule has 2 aromatic carbocycles. The fourth-order valence-corrected chi connectivity index (χ4v) is 3.49. The molecule has 0 aliphatic heterocycles. The lowest BCUT2D eigenvalue weighted by Crippen LogP contribution is -2.12. The van der Waals surface area contributed by atoms with E-state index in [1.165, 1.54) is 23.8 Å². The molecule has 0 amide bonds. The van der Waals surface area contributed by atoms with Gasteiger partial charge in [-0.1, -0.05) is 24.3 Å². The molecule has 0 saturated carbocycles. The maximum absolute atomic E-state index is 12.0. The monoisotopic (exact) mass is 326 g/mol. The van der Waals surface area contributed by atoms with Crippen LogP contribution < -0.4 is 9.47 Å². The molecule has 0 aromatic heterocycles. The fourth-order valence-electron chi connectivity index (χ4n) is 3.49. The van der Waals surface area contributed by atoms with Crippen molar-refractivity contribution in [3.05, 3.63) is 58.7 Å². The van der Waals surface area contributed by atoms with E-state index in [0.29, 0.717) is 12.2 Å². The number of carbonyl (C=O) groups is 1. The molecule has 0 N–H and O–H groups in total. The molecule has 1 aliphatic rings. The summed E-state index contributed by atoms with van der Waals surface area (Å²) >= 11 is 0. The van der Waals surface area contributed by atoms with Crippen LogP contribution in [-0.2, 0) is 22.4 Å². The molecule has 0 fully saturated rings. The van der Waals surface area contributed by atoms with Gasteiger partial charge in [-0.25, -0.2) is 0 Å². The number of fused-ring (bicyclic) bond motifs is 2. The van der Waals surface area contributed by atoms with E-state index in [1.807, 2.05) is 24.3 Å².